The van der Waals surface area contributed by atoms with Crippen molar-refractivity contribution in [3.05, 3.63) is 18.5 Å². The van der Waals surface area contributed by atoms with Crippen LogP contribution in [0, 0.1) is 0 Å². The number of aromatic nitrogens is 5. The van der Waals surface area contributed by atoms with Gasteiger partial charge in [-0.25, -0.2) is 15.2 Å². The molecule has 1 aromatic carbocycles. The van der Waals surface area contributed by atoms with Gasteiger partial charge in [0, 0.05) is 0 Å². The van der Waals surface area contributed by atoms with Gasteiger partial charge in [0.25, 0.3) is 0 Å². The fourth-order valence-electron chi connectivity index (χ4n) is 1.27. The van der Waals surface area contributed by atoms with E-state index in [0.29, 0.717) is 0 Å². The standard InChI is InChI=1S/C7H5N5/c1-4-5(9-3-8-4)2-7-6(1)10-12-11-7/h1-3,10,12H. The van der Waals surface area contributed by atoms with E-state index >= 15 is 0 Å². The summed E-state index contributed by atoms with van der Waals surface area (Å²) >= 11 is 0. The Bertz CT molecular complexity index is 444. The molecule has 0 atom stereocenters. The number of nitrogens with one attached hydrogen (secondary N) is 2. The summed E-state index contributed by atoms with van der Waals surface area (Å²) in [5.41, 5.74) is 3.59. The maximum absolute atomic E-state index is 4.08. The Kier molecular flexibility index (Phi) is 0.864. The first-order valence-corrected chi connectivity index (χ1v) is 3.57. The second-order valence-electron chi connectivity index (χ2n) is 2.58. The number of H-pyrrole nitrogens is 2. The molecule has 5 heteroatoms. The summed E-state index contributed by atoms with van der Waals surface area (Å²) in [6.07, 6.45) is 1.55. The van der Waals surface area contributed by atoms with E-state index in [2.05, 4.69) is 25.4 Å². The zero-order valence-corrected chi connectivity index (χ0v) is 6.07. The predicted octanol–water partition coefficient (Wildman–Crippen LogP) is 0.834. The minimum absolute atomic E-state index is 0.878. The summed E-state index contributed by atoms with van der Waals surface area (Å²) in [5, 5.41) is 9.57. The SMILES string of the molecule is c1nc2cc3n[nH][nH]c3cc2n1. The predicted molar refractivity (Wildman–Crippen MR) is 43.5 cm³/mol. The number of fused-ring (bicyclic) bond motifs is 2. The summed E-state index contributed by atoms with van der Waals surface area (Å²) in [7, 11) is 0. The van der Waals surface area contributed by atoms with E-state index in [4.69, 9.17) is 0 Å². The van der Waals surface area contributed by atoms with Crippen LogP contribution in [-0.4, -0.2) is 25.4 Å². The van der Waals surface area contributed by atoms with Crippen molar-refractivity contribution in [1.29, 1.82) is 0 Å². The van der Waals surface area contributed by atoms with Crippen LogP contribution in [0.1, 0.15) is 0 Å². The van der Waals surface area contributed by atoms with Crippen LogP contribution in [0.4, 0.5) is 0 Å². The van der Waals surface area contributed by atoms with Crippen LogP contribution in [0.5, 0.6) is 0 Å². The van der Waals surface area contributed by atoms with Crippen LogP contribution in [-0.2, 0) is 0 Å². The number of benzene rings is 1. The molecule has 0 spiro atoms. The first kappa shape index (κ1) is 5.70. The Balaban J connectivity index is 2.62. The van der Waals surface area contributed by atoms with Gasteiger partial charge in [0.2, 0.25) is 0 Å². The van der Waals surface area contributed by atoms with Crippen LogP contribution in [0.3, 0.4) is 0 Å². The first-order chi connectivity index (χ1) is 5.93. The van der Waals surface area contributed by atoms with E-state index in [0.717, 1.165) is 22.1 Å². The van der Waals surface area contributed by atoms with Crippen molar-refractivity contribution in [2.45, 2.75) is 0 Å². The molecular formula is C7H5N5. The lowest BCUT2D eigenvalue weighted by Gasteiger charge is -1.85. The molecule has 3 rings (SSSR count). The fraction of sp³-hybridized carbons (Fsp3) is 0. The Hall–Kier alpha value is -1.91. The molecule has 0 radical (unpaired) electrons. The van der Waals surface area contributed by atoms with Crippen molar-refractivity contribution >= 4 is 22.1 Å². The molecule has 58 valence electrons. The maximum atomic E-state index is 4.08. The number of nitrogens with zero attached hydrogens (tertiary/aromatic N) is 3. The molecule has 0 amide bonds. The molecule has 12 heavy (non-hydrogen) atoms. The number of hydrogen-bond acceptors (Lipinski definition) is 3. The maximum Gasteiger partial charge on any atom is 0.116 e. The van der Waals surface area contributed by atoms with Crippen molar-refractivity contribution in [2.24, 2.45) is 0 Å². The lowest BCUT2D eigenvalue weighted by atomic mass is 10.3. The highest BCUT2D eigenvalue weighted by atomic mass is 15.3. The molecule has 2 N–H and O–H groups in total. The van der Waals surface area contributed by atoms with E-state index in [1.165, 1.54) is 0 Å². The number of hydrogen-bond donors (Lipinski definition) is 2. The Labute approximate surface area is 66.8 Å². The van der Waals surface area contributed by atoms with Crippen LogP contribution in [0.15, 0.2) is 18.5 Å². The lowest BCUT2D eigenvalue weighted by Crippen LogP contribution is -1.71. The first-order valence-electron chi connectivity index (χ1n) is 3.57. The van der Waals surface area contributed by atoms with Crippen molar-refractivity contribution in [3.8, 4) is 0 Å². The lowest BCUT2D eigenvalue weighted by molar-refractivity contribution is 0.959. The van der Waals surface area contributed by atoms with Crippen LogP contribution in [0.2, 0.25) is 0 Å². The van der Waals surface area contributed by atoms with E-state index < -0.39 is 0 Å². The Morgan fingerprint density at radius 3 is 2.75 bits per heavy atom. The molecule has 0 bridgehead atoms. The van der Waals surface area contributed by atoms with Gasteiger partial charge < -0.3 is 0 Å². The molecule has 5 nitrogen and oxygen atoms in total. The minimum atomic E-state index is 0.878. The van der Waals surface area contributed by atoms with Gasteiger partial charge in [0.05, 0.1) is 16.6 Å². The Morgan fingerprint density at radius 2 is 1.83 bits per heavy atom. The minimum Gasteiger partial charge on any atom is -0.283 e. The third-order valence-electron chi connectivity index (χ3n) is 1.85. The number of aromatic amines is 2. The molecule has 0 unspecified atom stereocenters. The summed E-state index contributed by atoms with van der Waals surface area (Å²) in [5.74, 6) is 0. The molecule has 0 aliphatic heterocycles. The van der Waals surface area contributed by atoms with Gasteiger partial charge >= 0.3 is 0 Å². The topological polar surface area (TPSA) is 70.2 Å². The summed E-state index contributed by atoms with van der Waals surface area (Å²) in [6, 6.07) is 3.81. The highest BCUT2D eigenvalue weighted by Crippen LogP contribution is 2.15. The molecule has 0 fully saturated rings. The highest BCUT2D eigenvalue weighted by molar-refractivity contribution is 5.90. The van der Waals surface area contributed by atoms with Crippen molar-refractivity contribution < 1.29 is 0 Å². The smallest absolute Gasteiger partial charge is 0.116 e. The van der Waals surface area contributed by atoms with E-state index in [-0.39, 0.29) is 0 Å². The van der Waals surface area contributed by atoms with E-state index in [1.54, 1.807) is 6.33 Å². The molecule has 0 aliphatic rings. The fourth-order valence-corrected chi connectivity index (χ4v) is 1.27. The Morgan fingerprint density at radius 1 is 1.00 bits per heavy atom. The molecular weight excluding hydrogens is 154 g/mol. The van der Waals surface area contributed by atoms with Gasteiger partial charge in [-0.1, -0.05) is 0 Å². The molecule has 3 aromatic rings. The van der Waals surface area contributed by atoms with Crippen molar-refractivity contribution in [3.63, 3.8) is 0 Å². The van der Waals surface area contributed by atoms with Gasteiger partial charge in [0.1, 0.15) is 11.8 Å². The third kappa shape index (κ3) is 0.597. The van der Waals surface area contributed by atoms with Crippen LogP contribution in [0.25, 0.3) is 22.1 Å². The molecule has 2 aromatic heterocycles. The molecule has 2 heterocycles. The molecule has 0 aliphatic carbocycles. The molecule has 0 saturated carbocycles. The van der Waals surface area contributed by atoms with Gasteiger partial charge in [0.15, 0.2) is 0 Å². The van der Waals surface area contributed by atoms with Crippen molar-refractivity contribution in [1.82, 2.24) is 25.4 Å². The quantitative estimate of drug-likeness (QED) is 0.510. The average Bonchev–Trinajstić information content (AvgIpc) is 2.64. The summed E-state index contributed by atoms with van der Waals surface area (Å²) < 4.78 is 0. The third-order valence-corrected chi connectivity index (χ3v) is 1.85. The second-order valence-corrected chi connectivity index (χ2v) is 2.58. The monoisotopic (exact) mass is 159 g/mol. The highest BCUT2D eigenvalue weighted by Gasteiger charge is 2.01. The zero-order chi connectivity index (χ0) is 7.97. The van der Waals surface area contributed by atoms with Crippen molar-refractivity contribution in [2.75, 3.05) is 0 Å². The second kappa shape index (κ2) is 1.82. The van der Waals surface area contributed by atoms with Gasteiger partial charge in [-0.15, -0.1) is 0 Å². The largest absolute Gasteiger partial charge is 0.283 e. The van der Waals surface area contributed by atoms with Gasteiger partial charge in [-0.05, 0) is 12.1 Å². The summed E-state index contributed by atoms with van der Waals surface area (Å²) in [6.45, 7) is 0. The normalized spacial score (nSPS) is 11.3. The number of imidazole rings is 1. The zero-order valence-electron chi connectivity index (χ0n) is 6.07. The number of rotatable bonds is 0. The van der Waals surface area contributed by atoms with Crippen LogP contribution < -0.4 is 0 Å². The summed E-state index contributed by atoms with van der Waals surface area (Å²) in [4.78, 5) is 8.15. The van der Waals surface area contributed by atoms with Gasteiger partial charge in [-0.2, -0.15) is 5.10 Å². The van der Waals surface area contributed by atoms with E-state index in [9.17, 15) is 0 Å². The van der Waals surface area contributed by atoms with Crippen LogP contribution >= 0.6 is 0 Å². The van der Waals surface area contributed by atoms with E-state index in [1.807, 2.05) is 12.1 Å². The average molecular weight is 159 g/mol. The van der Waals surface area contributed by atoms with Gasteiger partial charge in [-0.3, -0.25) is 5.10 Å². The molecule has 0 saturated heterocycles.